The summed E-state index contributed by atoms with van der Waals surface area (Å²) in [5.74, 6) is -0.203. The second kappa shape index (κ2) is 5.50. The van der Waals surface area contributed by atoms with Gasteiger partial charge in [0.05, 0.1) is 10.8 Å². The Morgan fingerprint density at radius 1 is 1.40 bits per heavy atom. The summed E-state index contributed by atoms with van der Waals surface area (Å²) in [5, 5.41) is 2.60. The molecule has 82 valence electrons. The van der Waals surface area contributed by atoms with Crippen molar-refractivity contribution >= 4 is 22.4 Å². The van der Waals surface area contributed by atoms with Gasteiger partial charge < -0.3 is 11.1 Å². The smallest absolute Gasteiger partial charge is 0.232 e. The van der Waals surface area contributed by atoms with Gasteiger partial charge in [-0.25, -0.2) is 0 Å². The number of amides is 1. The summed E-state index contributed by atoms with van der Waals surface area (Å²) in [7, 11) is -1.29. The Morgan fingerprint density at radius 3 is 2.53 bits per heavy atom. The Hall–Kier alpha value is -1.36. The second-order valence-corrected chi connectivity index (χ2v) is 4.46. The summed E-state index contributed by atoms with van der Waals surface area (Å²) in [6.07, 6.45) is 0. The van der Waals surface area contributed by atoms with E-state index < -0.39 is 10.8 Å². The lowest BCUT2D eigenvalue weighted by Gasteiger charge is -2.03. The van der Waals surface area contributed by atoms with Gasteiger partial charge in [0.1, 0.15) is 5.75 Å². The molecule has 1 amide bonds. The molecule has 5 heteroatoms. The molecule has 15 heavy (non-hydrogen) atoms. The van der Waals surface area contributed by atoms with E-state index in [4.69, 9.17) is 5.73 Å². The summed E-state index contributed by atoms with van der Waals surface area (Å²) in [4.78, 5) is 11.8. The molecule has 1 unspecified atom stereocenters. The molecule has 3 N–H and O–H groups in total. The van der Waals surface area contributed by atoms with Crippen molar-refractivity contribution < 1.29 is 9.00 Å². The topological polar surface area (TPSA) is 72.2 Å². The third kappa shape index (κ3) is 3.71. The standard InChI is InChI=1S/C10H14N2O2S/c1-2-12-10(13)7-15(14)9-5-3-8(11)4-6-9/h3-6H,2,7,11H2,1H3,(H,12,13). The van der Waals surface area contributed by atoms with Gasteiger partial charge in [-0.15, -0.1) is 0 Å². The zero-order valence-corrected chi connectivity index (χ0v) is 9.34. The highest BCUT2D eigenvalue weighted by Gasteiger charge is 2.08. The summed E-state index contributed by atoms with van der Waals surface area (Å²) in [5.41, 5.74) is 6.12. The molecule has 0 aliphatic carbocycles. The quantitative estimate of drug-likeness (QED) is 0.735. The van der Waals surface area contributed by atoms with Crippen molar-refractivity contribution in [2.24, 2.45) is 0 Å². The molecule has 0 aliphatic heterocycles. The first-order valence-electron chi connectivity index (χ1n) is 4.64. The highest BCUT2D eigenvalue weighted by molar-refractivity contribution is 7.85. The van der Waals surface area contributed by atoms with Crippen LogP contribution < -0.4 is 11.1 Å². The Kier molecular flexibility index (Phi) is 4.30. The van der Waals surface area contributed by atoms with Crippen molar-refractivity contribution in [3.05, 3.63) is 24.3 Å². The van der Waals surface area contributed by atoms with Crippen LogP contribution in [-0.2, 0) is 15.6 Å². The van der Waals surface area contributed by atoms with E-state index in [0.29, 0.717) is 17.1 Å². The maximum absolute atomic E-state index is 11.7. The minimum atomic E-state index is -1.29. The fourth-order valence-corrected chi connectivity index (χ4v) is 2.02. The maximum atomic E-state index is 11.7. The molecule has 0 aromatic heterocycles. The minimum Gasteiger partial charge on any atom is -0.399 e. The second-order valence-electron chi connectivity index (χ2n) is 3.01. The molecule has 1 rings (SSSR count). The van der Waals surface area contributed by atoms with Crippen LogP contribution in [0.25, 0.3) is 0 Å². The number of hydrogen-bond donors (Lipinski definition) is 2. The Labute approximate surface area is 91.3 Å². The molecule has 4 nitrogen and oxygen atoms in total. The summed E-state index contributed by atoms with van der Waals surface area (Å²) < 4.78 is 11.7. The first kappa shape index (κ1) is 11.7. The van der Waals surface area contributed by atoms with Crippen LogP contribution in [0.1, 0.15) is 6.92 Å². The van der Waals surface area contributed by atoms with Crippen molar-refractivity contribution in [3.8, 4) is 0 Å². The van der Waals surface area contributed by atoms with Crippen LogP contribution in [0, 0.1) is 0 Å². The summed E-state index contributed by atoms with van der Waals surface area (Å²) in [6.45, 7) is 2.38. The van der Waals surface area contributed by atoms with Crippen molar-refractivity contribution in [3.63, 3.8) is 0 Å². The third-order valence-electron chi connectivity index (χ3n) is 1.78. The number of benzene rings is 1. The molecule has 0 aliphatic rings. The van der Waals surface area contributed by atoms with Gasteiger partial charge in [-0.2, -0.15) is 0 Å². The number of nitrogens with two attached hydrogens (primary N) is 1. The molecule has 0 spiro atoms. The van der Waals surface area contributed by atoms with Gasteiger partial charge in [0.2, 0.25) is 5.91 Å². The molecule has 1 aromatic rings. The maximum Gasteiger partial charge on any atom is 0.232 e. The number of nitrogen functional groups attached to an aromatic ring is 1. The lowest BCUT2D eigenvalue weighted by molar-refractivity contribution is -0.118. The Balaban J connectivity index is 2.61. The molecule has 0 bridgehead atoms. The van der Waals surface area contributed by atoms with Crippen molar-refractivity contribution in [2.45, 2.75) is 11.8 Å². The molecular formula is C10H14N2O2S. The van der Waals surface area contributed by atoms with Crippen molar-refractivity contribution in [2.75, 3.05) is 18.0 Å². The number of carbonyl (C=O) groups is 1. The normalized spacial score (nSPS) is 12.1. The number of rotatable bonds is 4. The first-order valence-corrected chi connectivity index (χ1v) is 5.96. The highest BCUT2D eigenvalue weighted by atomic mass is 32.2. The molecule has 0 saturated heterocycles. The van der Waals surface area contributed by atoms with Gasteiger partial charge in [-0.05, 0) is 31.2 Å². The number of nitrogens with one attached hydrogen (secondary N) is 1. The van der Waals surface area contributed by atoms with Crippen LogP contribution >= 0.6 is 0 Å². The largest absolute Gasteiger partial charge is 0.399 e. The van der Waals surface area contributed by atoms with E-state index >= 15 is 0 Å². The average Bonchev–Trinajstić information content (AvgIpc) is 2.18. The van der Waals surface area contributed by atoms with Crippen molar-refractivity contribution in [1.29, 1.82) is 0 Å². The van der Waals surface area contributed by atoms with E-state index in [1.54, 1.807) is 24.3 Å². The van der Waals surface area contributed by atoms with Crippen LogP contribution in [0.5, 0.6) is 0 Å². The molecule has 0 radical (unpaired) electrons. The fraction of sp³-hybridized carbons (Fsp3) is 0.300. The predicted octanol–water partition coefficient (Wildman–Crippen LogP) is 0.512. The number of carbonyl (C=O) groups excluding carboxylic acids is 1. The summed E-state index contributed by atoms with van der Waals surface area (Å²) in [6, 6.07) is 6.69. The lowest BCUT2D eigenvalue weighted by atomic mass is 10.3. The van der Waals surface area contributed by atoms with Crippen LogP contribution in [0.2, 0.25) is 0 Å². The fourth-order valence-electron chi connectivity index (χ4n) is 1.07. The van der Waals surface area contributed by atoms with Gasteiger partial charge in [0.15, 0.2) is 0 Å². The van der Waals surface area contributed by atoms with Gasteiger partial charge in [-0.1, -0.05) is 0 Å². The van der Waals surface area contributed by atoms with Crippen LogP contribution in [-0.4, -0.2) is 22.4 Å². The van der Waals surface area contributed by atoms with Gasteiger partial charge in [-0.3, -0.25) is 9.00 Å². The van der Waals surface area contributed by atoms with Crippen LogP contribution in [0.15, 0.2) is 29.2 Å². The van der Waals surface area contributed by atoms with E-state index in [-0.39, 0.29) is 11.7 Å². The van der Waals surface area contributed by atoms with E-state index in [2.05, 4.69) is 5.32 Å². The third-order valence-corrected chi connectivity index (χ3v) is 3.10. The summed E-state index contributed by atoms with van der Waals surface area (Å²) >= 11 is 0. The first-order chi connectivity index (χ1) is 7.13. The molecule has 0 saturated carbocycles. The zero-order chi connectivity index (χ0) is 11.3. The average molecular weight is 226 g/mol. The monoisotopic (exact) mass is 226 g/mol. The van der Waals surface area contributed by atoms with E-state index in [1.165, 1.54) is 0 Å². The van der Waals surface area contributed by atoms with E-state index in [0.717, 1.165) is 0 Å². The number of anilines is 1. The molecule has 1 atom stereocenters. The zero-order valence-electron chi connectivity index (χ0n) is 8.53. The predicted molar refractivity (Wildman–Crippen MR) is 60.8 cm³/mol. The van der Waals surface area contributed by atoms with Gasteiger partial charge in [0.25, 0.3) is 0 Å². The van der Waals surface area contributed by atoms with Crippen molar-refractivity contribution in [1.82, 2.24) is 5.32 Å². The molecule has 0 fully saturated rings. The number of hydrogen-bond acceptors (Lipinski definition) is 3. The van der Waals surface area contributed by atoms with E-state index in [9.17, 15) is 9.00 Å². The SMILES string of the molecule is CCNC(=O)CS(=O)c1ccc(N)cc1. The Morgan fingerprint density at radius 2 is 2.00 bits per heavy atom. The molecule has 0 heterocycles. The van der Waals surface area contributed by atoms with Crippen LogP contribution in [0.4, 0.5) is 5.69 Å². The highest BCUT2D eigenvalue weighted by Crippen LogP contribution is 2.09. The Bertz CT molecular complexity index is 362. The van der Waals surface area contributed by atoms with Gasteiger partial charge in [0, 0.05) is 17.1 Å². The van der Waals surface area contributed by atoms with Gasteiger partial charge >= 0.3 is 0 Å². The molecule has 1 aromatic carbocycles. The molecular weight excluding hydrogens is 212 g/mol. The van der Waals surface area contributed by atoms with E-state index in [1.807, 2.05) is 6.92 Å². The van der Waals surface area contributed by atoms with Crippen LogP contribution in [0.3, 0.4) is 0 Å². The minimum absolute atomic E-state index is 0.00222. The lowest BCUT2D eigenvalue weighted by Crippen LogP contribution is -2.27.